The van der Waals surface area contributed by atoms with Crippen molar-refractivity contribution in [2.24, 2.45) is 11.8 Å². The van der Waals surface area contributed by atoms with Crippen molar-refractivity contribution < 1.29 is 4.74 Å². The lowest BCUT2D eigenvalue weighted by atomic mass is 9.55. The highest BCUT2D eigenvalue weighted by Gasteiger charge is 2.79. The molecule has 33 heavy (non-hydrogen) atoms. The van der Waals surface area contributed by atoms with Crippen LogP contribution in [0.15, 0.2) is 109 Å². The molecule has 2 heterocycles. The minimum absolute atomic E-state index is 0.0850. The Labute approximate surface area is 199 Å². The fourth-order valence-corrected chi connectivity index (χ4v) is 8.69. The normalized spacial score (nSPS) is 36.5. The molecule has 1 saturated heterocycles. The molecule has 1 nitrogen and oxygen atoms in total. The number of hydrogen-bond acceptors (Lipinski definition) is 1. The largest absolute Gasteiger partial charge is 0.349 e. The topological polar surface area (TPSA) is 9.23 Å². The van der Waals surface area contributed by atoms with Crippen LogP contribution in [-0.4, -0.2) is 5.38 Å². The molecule has 4 aromatic carbocycles. The average molecular weight is 447 g/mol. The number of fused-ring (bicyclic) bond motifs is 15. The quantitative estimate of drug-likeness (QED) is 0.303. The smallest absolute Gasteiger partial charge is 0.124 e. The zero-order valence-electron chi connectivity index (χ0n) is 18.1. The predicted octanol–water partition coefficient (Wildman–Crippen LogP) is 6.95. The number of ether oxygens (including phenoxy) is 1. The molecular weight excluding hydrogens is 424 g/mol. The van der Waals surface area contributed by atoms with E-state index in [9.17, 15) is 0 Å². The summed E-state index contributed by atoms with van der Waals surface area (Å²) in [4.78, 5) is 0. The molecule has 0 unspecified atom stereocenters. The first-order valence-corrected chi connectivity index (χ1v) is 12.4. The molecule has 4 aromatic rings. The number of benzene rings is 4. The van der Waals surface area contributed by atoms with Gasteiger partial charge in [-0.1, -0.05) is 109 Å². The zero-order valence-corrected chi connectivity index (χ0v) is 18.8. The lowest BCUT2D eigenvalue weighted by Crippen LogP contribution is -2.42. The maximum Gasteiger partial charge on any atom is 0.124 e. The molecular formula is C31H23ClO. The third-order valence-corrected chi connectivity index (χ3v) is 9.50. The Hall–Kier alpha value is -2.87. The standard InChI is InChI=1S/C31H23ClO/c32-29-25-21-15-7-8-16-22(21)26(29)28-27(25)30(19-11-3-1-4-12-19)23-17-9-10-18-24(23)31(28,33-30)20-13-5-2-6-14-20/h1-18,25-29H/t25-,26-,27-,28-,30-,31-/m0/s1. The Morgan fingerprint density at radius 2 is 0.909 bits per heavy atom. The molecule has 0 amide bonds. The summed E-state index contributed by atoms with van der Waals surface area (Å²) in [6.45, 7) is 0. The van der Waals surface area contributed by atoms with Gasteiger partial charge in [-0.3, -0.25) is 0 Å². The summed E-state index contributed by atoms with van der Waals surface area (Å²) in [5.41, 5.74) is 6.97. The van der Waals surface area contributed by atoms with Crippen LogP contribution < -0.4 is 0 Å². The molecule has 0 aromatic heterocycles. The second kappa shape index (κ2) is 6.17. The molecule has 2 fully saturated rings. The van der Waals surface area contributed by atoms with Gasteiger partial charge < -0.3 is 4.74 Å². The number of halogens is 1. The fraction of sp³-hybridized carbons (Fsp3) is 0.226. The Morgan fingerprint density at radius 1 is 0.515 bits per heavy atom. The molecule has 0 N–H and O–H groups in total. The van der Waals surface area contributed by atoms with Gasteiger partial charge in [-0.15, -0.1) is 11.6 Å². The summed E-state index contributed by atoms with van der Waals surface area (Å²) in [6.07, 6.45) is 0. The van der Waals surface area contributed by atoms with Gasteiger partial charge in [0, 0.05) is 29.0 Å². The van der Waals surface area contributed by atoms with E-state index in [4.69, 9.17) is 16.3 Å². The van der Waals surface area contributed by atoms with Crippen LogP contribution in [0.4, 0.5) is 0 Å². The average Bonchev–Trinajstić information content (AvgIpc) is 3.57. The minimum atomic E-state index is -0.502. The lowest BCUT2D eigenvalue weighted by Gasteiger charge is -2.43. The Kier molecular flexibility index (Phi) is 3.47. The van der Waals surface area contributed by atoms with Crippen LogP contribution in [0.5, 0.6) is 0 Å². The zero-order chi connectivity index (χ0) is 21.8. The summed E-state index contributed by atoms with van der Waals surface area (Å²) in [5, 5.41) is 0.0850. The van der Waals surface area contributed by atoms with Gasteiger partial charge in [0.2, 0.25) is 0 Å². The Balaban J connectivity index is 1.51. The van der Waals surface area contributed by atoms with E-state index in [0.717, 1.165) is 0 Å². The monoisotopic (exact) mass is 446 g/mol. The van der Waals surface area contributed by atoms with Gasteiger partial charge in [0.1, 0.15) is 11.2 Å². The number of alkyl halides is 1. The van der Waals surface area contributed by atoms with Gasteiger partial charge in [0.15, 0.2) is 0 Å². The van der Waals surface area contributed by atoms with Crippen LogP contribution in [-0.2, 0) is 15.9 Å². The third-order valence-electron chi connectivity index (χ3n) is 8.95. The Bertz CT molecular complexity index is 1290. The number of hydrogen-bond donors (Lipinski definition) is 0. The minimum Gasteiger partial charge on any atom is -0.349 e. The molecule has 2 heteroatoms. The van der Waals surface area contributed by atoms with Crippen molar-refractivity contribution in [3.05, 3.63) is 143 Å². The van der Waals surface area contributed by atoms with Crippen LogP contribution >= 0.6 is 11.6 Å². The molecule has 4 aliphatic rings. The van der Waals surface area contributed by atoms with Gasteiger partial charge >= 0.3 is 0 Å². The summed E-state index contributed by atoms with van der Waals surface area (Å²) < 4.78 is 7.56. The van der Waals surface area contributed by atoms with E-state index in [1.165, 1.54) is 33.4 Å². The molecule has 160 valence electrons. The van der Waals surface area contributed by atoms with Crippen LogP contribution in [0.3, 0.4) is 0 Å². The van der Waals surface area contributed by atoms with Gasteiger partial charge in [0.05, 0.1) is 0 Å². The first-order chi connectivity index (χ1) is 16.3. The van der Waals surface area contributed by atoms with Crippen LogP contribution in [0, 0.1) is 11.8 Å². The Morgan fingerprint density at radius 3 is 1.36 bits per heavy atom. The summed E-state index contributed by atoms with van der Waals surface area (Å²) in [5.74, 6) is 1.13. The van der Waals surface area contributed by atoms with Crippen molar-refractivity contribution in [3.63, 3.8) is 0 Å². The second-order valence-corrected chi connectivity index (χ2v) is 10.5. The molecule has 2 aliphatic carbocycles. The maximum absolute atomic E-state index is 7.56. The van der Waals surface area contributed by atoms with E-state index in [0.29, 0.717) is 0 Å². The first-order valence-electron chi connectivity index (χ1n) is 11.9. The van der Waals surface area contributed by atoms with Crippen molar-refractivity contribution in [2.45, 2.75) is 28.4 Å². The summed E-state index contributed by atoms with van der Waals surface area (Å²) in [6, 6.07) is 39.6. The molecule has 0 spiro atoms. The molecule has 6 atom stereocenters. The van der Waals surface area contributed by atoms with E-state index < -0.39 is 11.2 Å². The molecule has 8 rings (SSSR count). The summed E-state index contributed by atoms with van der Waals surface area (Å²) in [7, 11) is 0. The van der Waals surface area contributed by atoms with Crippen LogP contribution in [0.25, 0.3) is 0 Å². The third kappa shape index (κ3) is 1.94. The van der Waals surface area contributed by atoms with E-state index in [2.05, 4.69) is 109 Å². The molecule has 0 radical (unpaired) electrons. The second-order valence-electron chi connectivity index (χ2n) is 10.0. The number of rotatable bonds is 2. The lowest BCUT2D eigenvalue weighted by molar-refractivity contribution is -0.0638. The summed E-state index contributed by atoms with van der Waals surface area (Å²) >= 11 is 7.39. The molecule has 2 aliphatic heterocycles. The van der Waals surface area contributed by atoms with Gasteiger partial charge in [-0.2, -0.15) is 0 Å². The van der Waals surface area contributed by atoms with Crippen molar-refractivity contribution in [1.82, 2.24) is 0 Å². The highest BCUT2D eigenvalue weighted by Crippen LogP contribution is 2.80. The van der Waals surface area contributed by atoms with Crippen molar-refractivity contribution >= 4 is 11.6 Å². The van der Waals surface area contributed by atoms with E-state index >= 15 is 0 Å². The van der Waals surface area contributed by atoms with E-state index in [1.807, 2.05) is 0 Å². The van der Waals surface area contributed by atoms with Gasteiger partial charge in [0.25, 0.3) is 0 Å². The van der Waals surface area contributed by atoms with Crippen LogP contribution in [0.1, 0.15) is 45.2 Å². The first kappa shape index (κ1) is 18.5. The van der Waals surface area contributed by atoms with Crippen molar-refractivity contribution in [1.29, 1.82) is 0 Å². The van der Waals surface area contributed by atoms with Crippen LogP contribution in [0.2, 0.25) is 0 Å². The van der Waals surface area contributed by atoms with Crippen molar-refractivity contribution in [3.8, 4) is 0 Å². The highest BCUT2D eigenvalue weighted by atomic mass is 35.5. The van der Waals surface area contributed by atoms with E-state index in [1.54, 1.807) is 0 Å². The van der Waals surface area contributed by atoms with E-state index in [-0.39, 0.29) is 29.0 Å². The fourth-order valence-electron chi connectivity index (χ4n) is 8.10. The predicted molar refractivity (Wildman–Crippen MR) is 131 cm³/mol. The van der Waals surface area contributed by atoms with Gasteiger partial charge in [-0.05, 0) is 33.4 Å². The van der Waals surface area contributed by atoms with Crippen molar-refractivity contribution in [2.75, 3.05) is 0 Å². The SMILES string of the molecule is ClC1[C@H]2c3ccccc3[C@H]1[C@H]1[C@H]2[C@@]2(c3ccccc3)O[C@@]1(c1ccccc1)c1ccccc12. The molecule has 4 bridgehead atoms. The van der Waals surface area contributed by atoms with Gasteiger partial charge in [-0.25, -0.2) is 0 Å². The maximum atomic E-state index is 7.56. The molecule has 1 saturated carbocycles. The highest BCUT2D eigenvalue weighted by molar-refractivity contribution is 6.22.